The molecule has 1 fully saturated rings. The van der Waals surface area contributed by atoms with Crippen LogP contribution in [0.15, 0.2) is 79.0 Å². The molecule has 5 rings (SSSR count). The van der Waals surface area contributed by atoms with Gasteiger partial charge in [-0.25, -0.2) is 0 Å². The number of hydrogen-bond donors (Lipinski definition) is 2. The summed E-state index contributed by atoms with van der Waals surface area (Å²) in [4.78, 5) is 19.7. The van der Waals surface area contributed by atoms with Crippen LogP contribution >= 0.6 is 23.8 Å². The summed E-state index contributed by atoms with van der Waals surface area (Å²) >= 11 is 12.1. The molecule has 0 unspecified atom stereocenters. The van der Waals surface area contributed by atoms with Gasteiger partial charge in [0.15, 0.2) is 5.11 Å². The Kier molecular flexibility index (Phi) is 7.35. The van der Waals surface area contributed by atoms with Gasteiger partial charge in [0.25, 0.3) is 0 Å². The van der Waals surface area contributed by atoms with Crippen molar-refractivity contribution in [3.63, 3.8) is 0 Å². The normalized spacial score (nSPS) is 16.8. The average molecular weight is 546 g/mol. The van der Waals surface area contributed by atoms with E-state index < -0.39 is 0 Å². The summed E-state index contributed by atoms with van der Waals surface area (Å²) in [6.07, 6.45) is 1.77. The van der Waals surface area contributed by atoms with Gasteiger partial charge in [-0.3, -0.25) is 9.78 Å². The number of benzene rings is 2. The molecule has 9 heteroatoms. The minimum Gasteiger partial charge on any atom is -0.495 e. The maximum Gasteiger partial charge on any atom is 0.244 e. The Morgan fingerprint density at radius 1 is 1.11 bits per heavy atom. The van der Waals surface area contributed by atoms with E-state index in [2.05, 4.69) is 33.2 Å². The van der Waals surface area contributed by atoms with Crippen LogP contribution in [0.25, 0.3) is 5.69 Å². The van der Waals surface area contributed by atoms with Gasteiger partial charge in [0, 0.05) is 28.3 Å². The molecule has 0 radical (unpaired) electrons. The summed E-state index contributed by atoms with van der Waals surface area (Å²) in [6.45, 7) is 4.18. The van der Waals surface area contributed by atoms with E-state index >= 15 is 0 Å². The summed E-state index contributed by atoms with van der Waals surface area (Å²) in [6, 6.07) is 22.4. The highest BCUT2D eigenvalue weighted by molar-refractivity contribution is 7.80. The van der Waals surface area contributed by atoms with Gasteiger partial charge in [-0.15, -0.1) is 0 Å². The molecule has 2 aromatic carbocycles. The van der Waals surface area contributed by atoms with Gasteiger partial charge in [-0.1, -0.05) is 35.9 Å². The fourth-order valence-corrected chi connectivity index (χ4v) is 5.56. The highest BCUT2D eigenvalue weighted by Crippen LogP contribution is 2.42. The Morgan fingerprint density at radius 2 is 1.87 bits per heavy atom. The van der Waals surface area contributed by atoms with Gasteiger partial charge in [0.2, 0.25) is 5.91 Å². The number of rotatable bonds is 7. The van der Waals surface area contributed by atoms with Crippen LogP contribution in [0.5, 0.6) is 5.75 Å². The first-order valence-electron chi connectivity index (χ1n) is 12.2. The van der Waals surface area contributed by atoms with Crippen LogP contribution in [0.3, 0.4) is 0 Å². The van der Waals surface area contributed by atoms with Crippen LogP contribution in [0.4, 0.5) is 5.69 Å². The van der Waals surface area contributed by atoms with Gasteiger partial charge >= 0.3 is 0 Å². The molecule has 1 aliphatic heterocycles. The summed E-state index contributed by atoms with van der Waals surface area (Å²) in [5.74, 6) is 0.556. The first kappa shape index (κ1) is 25.8. The Labute approximate surface area is 232 Å². The molecule has 0 bridgehead atoms. The van der Waals surface area contributed by atoms with Crippen LogP contribution in [0.1, 0.15) is 34.7 Å². The van der Waals surface area contributed by atoms with Crippen LogP contribution < -0.4 is 15.4 Å². The third-order valence-electron chi connectivity index (χ3n) is 6.74. The quantitative estimate of drug-likeness (QED) is 0.288. The number of aromatic nitrogens is 2. The van der Waals surface area contributed by atoms with Crippen molar-refractivity contribution in [1.29, 1.82) is 0 Å². The van der Waals surface area contributed by atoms with Crippen molar-refractivity contribution in [3.05, 3.63) is 107 Å². The molecular formula is C29H28ClN5O2S. The highest BCUT2D eigenvalue weighted by Gasteiger charge is 2.42. The molecule has 194 valence electrons. The van der Waals surface area contributed by atoms with Crippen molar-refractivity contribution in [2.24, 2.45) is 0 Å². The molecule has 2 aromatic heterocycles. The molecular weight excluding hydrogens is 518 g/mol. The number of carbonyl (C=O) groups excluding carboxylic acids is 1. The molecule has 3 heterocycles. The van der Waals surface area contributed by atoms with Gasteiger partial charge in [0.1, 0.15) is 12.3 Å². The second-order valence-corrected chi connectivity index (χ2v) is 9.97. The Hall–Kier alpha value is -3.88. The number of anilines is 1. The number of halogens is 1. The lowest BCUT2D eigenvalue weighted by atomic mass is 9.96. The van der Waals surface area contributed by atoms with Crippen molar-refractivity contribution >= 4 is 40.5 Å². The zero-order valence-electron chi connectivity index (χ0n) is 21.3. The molecule has 4 aromatic rings. The van der Waals surface area contributed by atoms with Crippen LogP contribution in [0.2, 0.25) is 5.02 Å². The zero-order chi connectivity index (χ0) is 26.8. The van der Waals surface area contributed by atoms with Crippen LogP contribution in [0, 0.1) is 13.8 Å². The van der Waals surface area contributed by atoms with Crippen molar-refractivity contribution in [2.75, 3.05) is 19.0 Å². The van der Waals surface area contributed by atoms with Gasteiger partial charge in [-0.05, 0) is 80.2 Å². The van der Waals surface area contributed by atoms with E-state index in [-0.39, 0.29) is 24.5 Å². The van der Waals surface area contributed by atoms with Crippen molar-refractivity contribution in [3.8, 4) is 11.4 Å². The molecule has 7 nitrogen and oxygen atoms in total. The maximum absolute atomic E-state index is 13.1. The number of hydrogen-bond acceptors (Lipinski definition) is 4. The molecule has 1 aliphatic rings. The van der Waals surface area contributed by atoms with Gasteiger partial charge in [-0.2, -0.15) is 0 Å². The summed E-state index contributed by atoms with van der Waals surface area (Å²) in [5, 5.41) is 7.51. The molecule has 1 amide bonds. The topological polar surface area (TPSA) is 71.4 Å². The number of ether oxygens (including phenoxy) is 1. The predicted octanol–water partition coefficient (Wildman–Crippen LogP) is 5.76. The van der Waals surface area contributed by atoms with Crippen LogP contribution in [-0.4, -0.2) is 39.1 Å². The fourth-order valence-electron chi connectivity index (χ4n) is 5.09. The Balaban J connectivity index is 1.57. The van der Waals surface area contributed by atoms with E-state index in [1.807, 2.05) is 78.6 Å². The van der Waals surface area contributed by atoms with E-state index in [4.69, 9.17) is 28.6 Å². The van der Waals surface area contributed by atoms with E-state index in [0.29, 0.717) is 15.9 Å². The lowest BCUT2D eigenvalue weighted by Crippen LogP contribution is -2.37. The first-order chi connectivity index (χ1) is 18.4. The SMILES string of the molecule is COc1ccc(Cl)cc1-n1c(C)cc([C@H]2[C@@H](c3ccccn3)NC(=S)N2CC(=O)Nc2ccccc2)c1C. The molecule has 1 saturated heterocycles. The van der Waals surface area contributed by atoms with Gasteiger partial charge < -0.3 is 24.8 Å². The molecule has 0 aliphatic carbocycles. The highest BCUT2D eigenvalue weighted by atomic mass is 35.5. The van der Waals surface area contributed by atoms with E-state index in [0.717, 1.165) is 34.0 Å². The second kappa shape index (κ2) is 10.8. The molecule has 2 N–H and O–H groups in total. The number of nitrogens with zero attached hydrogens (tertiary/aromatic N) is 3. The molecule has 0 spiro atoms. The molecule has 38 heavy (non-hydrogen) atoms. The monoisotopic (exact) mass is 545 g/mol. The van der Waals surface area contributed by atoms with Crippen molar-refractivity contribution in [2.45, 2.75) is 25.9 Å². The van der Waals surface area contributed by atoms with E-state index in [1.54, 1.807) is 13.3 Å². The Morgan fingerprint density at radius 3 is 2.58 bits per heavy atom. The van der Waals surface area contributed by atoms with E-state index in [1.165, 1.54) is 0 Å². The second-order valence-electron chi connectivity index (χ2n) is 9.15. The van der Waals surface area contributed by atoms with Gasteiger partial charge in [0.05, 0.1) is 30.6 Å². The number of pyridine rings is 1. The number of carbonyl (C=O) groups is 1. The number of nitrogens with one attached hydrogen (secondary N) is 2. The zero-order valence-corrected chi connectivity index (χ0v) is 22.9. The smallest absolute Gasteiger partial charge is 0.244 e. The number of amides is 1. The maximum atomic E-state index is 13.1. The standard InChI is InChI=1S/C29H28ClN5O2S/c1-18-15-22(19(2)35(18)24-16-20(30)12-13-25(24)37-3)28-27(23-11-7-8-14-31-23)33-29(38)34(28)17-26(36)32-21-9-5-4-6-10-21/h4-16,27-28H,17H2,1-3H3,(H,32,36)(H,33,38)/t27-,28+/m1/s1. The lowest BCUT2D eigenvalue weighted by molar-refractivity contribution is -0.116. The molecule has 2 atom stereocenters. The third-order valence-corrected chi connectivity index (χ3v) is 7.33. The minimum atomic E-state index is -0.274. The molecule has 0 saturated carbocycles. The van der Waals surface area contributed by atoms with Crippen molar-refractivity contribution in [1.82, 2.24) is 19.8 Å². The van der Waals surface area contributed by atoms with E-state index in [9.17, 15) is 4.79 Å². The van der Waals surface area contributed by atoms with Crippen molar-refractivity contribution < 1.29 is 9.53 Å². The summed E-state index contributed by atoms with van der Waals surface area (Å²) in [7, 11) is 1.64. The summed E-state index contributed by atoms with van der Waals surface area (Å²) < 4.78 is 7.78. The number of para-hydroxylation sites is 1. The lowest BCUT2D eigenvalue weighted by Gasteiger charge is -2.27. The summed E-state index contributed by atoms with van der Waals surface area (Å²) in [5.41, 5.74) is 5.45. The predicted molar refractivity (Wildman–Crippen MR) is 154 cm³/mol. The number of aryl methyl sites for hydroxylation is 1. The van der Waals surface area contributed by atoms with Crippen LogP contribution in [-0.2, 0) is 4.79 Å². The third kappa shape index (κ3) is 4.97. The fraction of sp³-hybridized carbons (Fsp3) is 0.207. The number of thiocarbonyl (C=S) groups is 1. The largest absolute Gasteiger partial charge is 0.495 e. The Bertz CT molecular complexity index is 1480. The average Bonchev–Trinajstić information content (AvgIpc) is 3.39. The first-order valence-corrected chi connectivity index (χ1v) is 13.0. The number of methoxy groups -OCH3 is 1. The minimum absolute atomic E-state index is 0.0822.